The van der Waals surface area contributed by atoms with Crippen molar-refractivity contribution in [3.8, 4) is 0 Å². The zero-order chi connectivity index (χ0) is 19.7. The summed E-state index contributed by atoms with van der Waals surface area (Å²) in [4.78, 5) is 34.1. The van der Waals surface area contributed by atoms with Gasteiger partial charge < -0.3 is 0 Å². The van der Waals surface area contributed by atoms with E-state index in [0.717, 1.165) is 27.8 Å². The first-order valence-electron chi connectivity index (χ1n) is 8.73. The Morgan fingerprint density at radius 1 is 1.11 bits per heavy atom. The van der Waals surface area contributed by atoms with Crippen molar-refractivity contribution in [3.63, 3.8) is 0 Å². The Bertz CT molecular complexity index is 1160. The maximum atomic E-state index is 12.6. The fraction of sp³-hybridized carbons (Fsp3) is 0.0952. The molecule has 2 aromatic heterocycles. The zero-order valence-electron chi connectivity index (χ0n) is 15.4. The van der Waals surface area contributed by atoms with Crippen LogP contribution in [0.3, 0.4) is 0 Å². The van der Waals surface area contributed by atoms with Gasteiger partial charge in [-0.05, 0) is 0 Å². The standard InChI is InChI=1S/C21H18N4O2Se/c1-13-7-9-15(10-8-13)24-20(27)19-12-23-21(28-19)25(14(2)26)18-11-22-17-6-4-3-5-16(17)18/h3-12,22H,1-2H3,(H,24,27). The number of hydrogen-bond donors (Lipinski definition) is 2. The van der Waals surface area contributed by atoms with E-state index in [0.29, 0.717) is 9.13 Å². The molecule has 0 saturated carbocycles. The van der Waals surface area contributed by atoms with Crippen molar-refractivity contribution < 1.29 is 9.59 Å². The van der Waals surface area contributed by atoms with Gasteiger partial charge in [0.2, 0.25) is 0 Å². The van der Waals surface area contributed by atoms with Gasteiger partial charge in [-0.3, -0.25) is 0 Å². The number of rotatable bonds is 4. The number of aromatic nitrogens is 2. The number of para-hydroxylation sites is 1. The fourth-order valence-electron chi connectivity index (χ4n) is 2.95. The quantitative estimate of drug-likeness (QED) is 0.476. The molecule has 6 nitrogen and oxygen atoms in total. The average molecular weight is 437 g/mol. The topological polar surface area (TPSA) is 78.1 Å². The number of nitrogens with zero attached hydrogens (tertiary/aromatic N) is 2. The van der Waals surface area contributed by atoms with Crippen LogP contribution in [0.4, 0.5) is 16.1 Å². The van der Waals surface area contributed by atoms with E-state index in [4.69, 9.17) is 0 Å². The summed E-state index contributed by atoms with van der Waals surface area (Å²) >= 11 is -0.376. The van der Waals surface area contributed by atoms with Crippen LogP contribution < -0.4 is 10.2 Å². The molecule has 4 aromatic rings. The van der Waals surface area contributed by atoms with Crippen molar-refractivity contribution in [2.45, 2.75) is 13.8 Å². The van der Waals surface area contributed by atoms with Crippen molar-refractivity contribution in [1.82, 2.24) is 9.97 Å². The molecular weight excluding hydrogens is 419 g/mol. The normalized spacial score (nSPS) is 10.8. The molecule has 0 atom stereocenters. The third-order valence-electron chi connectivity index (χ3n) is 4.34. The van der Waals surface area contributed by atoms with E-state index < -0.39 is 0 Å². The van der Waals surface area contributed by atoms with Gasteiger partial charge >= 0.3 is 168 Å². The molecule has 0 fully saturated rings. The summed E-state index contributed by atoms with van der Waals surface area (Å²) in [6.07, 6.45) is 3.36. The van der Waals surface area contributed by atoms with E-state index in [2.05, 4.69) is 15.3 Å². The molecular formula is C21H18N4O2Se. The summed E-state index contributed by atoms with van der Waals surface area (Å²) in [5.41, 5.74) is 3.56. The minimum absolute atomic E-state index is 0.140. The summed E-state index contributed by atoms with van der Waals surface area (Å²) in [5, 5.41) is 3.83. The zero-order valence-corrected chi connectivity index (χ0v) is 17.1. The number of carbonyl (C=O) groups excluding carboxylic acids is 2. The SMILES string of the molecule is CC(=O)N(c1ncc(C(=O)Nc2ccc(C)cc2)[se]1)c1c[nH]c2ccccc12. The summed E-state index contributed by atoms with van der Waals surface area (Å²) in [6, 6.07) is 15.4. The Labute approximate surface area is 168 Å². The number of aryl methyl sites for hydroxylation is 1. The molecule has 0 aliphatic heterocycles. The van der Waals surface area contributed by atoms with Crippen LogP contribution in [0, 0.1) is 6.92 Å². The van der Waals surface area contributed by atoms with Crippen LogP contribution in [0.25, 0.3) is 10.9 Å². The number of benzene rings is 2. The molecule has 0 aliphatic carbocycles. The van der Waals surface area contributed by atoms with Crippen LogP contribution in [0.5, 0.6) is 0 Å². The van der Waals surface area contributed by atoms with Gasteiger partial charge in [-0.25, -0.2) is 0 Å². The molecule has 140 valence electrons. The molecule has 2 aromatic carbocycles. The maximum absolute atomic E-state index is 12.6. The molecule has 28 heavy (non-hydrogen) atoms. The molecule has 4 rings (SSSR count). The first kappa shape index (κ1) is 18.2. The van der Waals surface area contributed by atoms with E-state index >= 15 is 0 Å². The van der Waals surface area contributed by atoms with Crippen molar-refractivity contribution in [2.24, 2.45) is 0 Å². The summed E-state index contributed by atoms with van der Waals surface area (Å²) in [5.74, 6) is -0.330. The van der Waals surface area contributed by atoms with Gasteiger partial charge in [-0.15, -0.1) is 0 Å². The van der Waals surface area contributed by atoms with Gasteiger partial charge in [0.05, 0.1) is 0 Å². The Balaban J connectivity index is 1.63. The predicted octanol–water partition coefficient (Wildman–Crippen LogP) is 3.87. The molecule has 0 aliphatic rings. The van der Waals surface area contributed by atoms with Gasteiger partial charge in [-0.2, -0.15) is 0 Å². The van der Waals surface area contributed by atoms with Crippen LogP contribution in [0.1, 0.15) is 21.7 Å². The molecule has 7 heteroatoms. The van der Waals surface area contributed by atoms with Gasteiger partial charge in [0.15, 0.2) is 0 Å². The number of aromatic amines is 1. The van der Waals surface area contributed by atoms with Crippen LogP contribution >= 0.6 is 0 Å². The van der Waals surface area contributed by atoms with E-state index in [9.17, 15) is 9.59 Å². The van der Waals surface area contributed by atoms with Crippen LogP contribution in [0.15, 0.2) is 60.9 Å². The monoisotopic (exact) mass is 438 g/mol. The van der Waals surface area contributed by atoms with Crippen molar-refractivity contribution >= 4 is 53.3 Å². The number of carbonyl (C=O) groups is 2. The molecule has 0 saturated heterocycles. The summed E-state index contributed by atoms with van der Waals surface area (Å²) < 4.78 is 1.17. The molecule has 2 N–H and O–H groups in total. The number of fused-ring (bicyclic) bond motifs is 1. The number of nitrogens with one attached hydrogen (secondary N) is 2. The number of H-pyrrole nitrogens is 1. The molecule has 0 radical (unpaired) electrons. The third-order valence-corrected chi connectivity index (χ3v) is 6.40. The Hall–Kier alpha value is -3.15. The van der Waals surface area contributed by atoms with Gasteiger partial charge in [0, 0.05) is 0 Å². The second-order valence-electron chi connectivity index (χ2n) is 6.40. The van der Waals surface area contributed by atoms with Crippen molar-refractivity contribution in [2.75, 3.05) is 10.2 Å². The first-order valence-corrected chi connectivity index (χ1v) is 10.4. The second kappa shape index (κ2) is 7.46. The Morgan fingerprint density at radius 2 is 1.86 bits per heavy atom. The Kier molecular flexibility index (Phi) is 4.86. The molecule has 2 amide bonds. The first-order chi connectivity index (χ1) is 13.5. The van der Waals surface area contributed by atoms with Crippen molar-refractivity contribution in [1.29, 1.82) is 0 Å². The van der Waals surface area contributed by atoms with Crippen LogP contribution in [-0.4, -0.2) is 36.3 Å². The molecule has 0 spiro atoms. The van der Waals surface area contributed by atoms with Crippen LogP contribution in [-0.2, 0) is 4.79 Å². The Morgan fingerprint density at radius 3 is 2.61 bits per heavy atom. The van der Waals surface area contributed by atoms with Gasteiger partial charge in [0.25, 0.3) is 0 Å². The summed E-state index contributed by atoms with van der Waals surface area (Å²) in [7, 11) is 0. The minimum atomic E-state index is -0.376. The van der Waals surface area contributed by atoms with Crippen LogP contribution in [0.2, 0.25) is 0 Å². The molecule has 0 bridgehead atoms. The van der Waals surface area contributed by atoms with Gasteiger partial charge in [0.1, 0.15) is 0 Å². The number of hydrogen-bond acceptors (Lipinski definition) is 3. The fourth-order valence-corrected chi connectivity index (χ4v) is 4.78. The average Bonchev–Trinajstić information content (AvgIpc) is 3.32. The van der Waals surface area contributed by atoms with Crippen molar-refractivity contribution in [3.05, 3.63) is 70.9 Å². The van der Waals surface area contributed by atoms with E-state index in [-0.39, 0.29) is 26.3 Å². The second-order valence-corrected chi connectivity index (χ2v) is 8.52. The van der Waals surface area contributed by atoms with E-state index in [1.54, 1.807) is 17.3 Å². The number of amides is 2. The summed E-state index contributed by atoms with van der Waals surface area (Å²) in [6.45, 7) is 3.50. The predicted molar refractivity (Wildman–Crippen MR) is 111 cm³/mol. The van der Waals surface area contributed by atoms with E-state index in [1.165, 1.54) is 6.92 Å². The third kappa shape index (κ3) is 3.50. The molecule has 2 heterocycles. The molecule has 0 unspecified atom stereocenters. The van der Waals surface area contributed by atoms with Gasteiger partial charge in [-0.1, -0.05) is 0 Å². The van der Waals surface area contributed by atoms with E-state index in [1.807, 2.05) is 55.5 Å². The number of anilines is 3.